The van der Waals surface area contributed by atoms with E-state index in [-0.39, 0.29) is 11.0 Å². The molecule has 0 saturated heterocycles. The highest BCUT2D eigenvalue weighted by Gasteiger charge is 2.57. The lowest BCUT2D eigenvalue weighted by Crippen LogP contribution is -2.68. The second-order valence-corrected chi connectivity index (χ2v) is 5.84. The van der Waals surface area contributed by atoms with Crippen molar-refractivity contribution >= 4 is 0 Å². The minimum absolute atomic E-state index is 0.0557. The zero-order chi connectivity index (χ0) is 11.7. The van der Waals surface area contributed by atoms with Gasteiger partial charge < -0.3 is 10.1 Å². The van der Waals surface area contributed by atoms with E-state index in [0.717, 1.165) is 18.9 Å². The smallest absolute Gasteiger partial charge is 0.0731 e. The summed E-state index contributed by atoms with van der Waals surface area (Å²) < 4.78 is 5.61. The van der Waals surface area contributed by atoms with Gasteiger partial charge in [-0.15, -0.1) is 0 Å². The van der Waals surface area contributed by atoms with Gasteiger partial charge in [-0.1, -0.05) is 34.1 Å². The minimum Gasteiger partial charge on any atom is -0.378 e. The summed E-state index contributed by atoms with van der Waals surface area (Å²) in [5, 5.41) is 3.67. The Hall–Kier alpha value is -0.0800. The van der Waals surface area contributed by atoms with E-state index in [2.05, 4.69) is 39.9 Å². The number of rotatable bonds is 5. The SMILES string of the molecule is CCC(C)CNC1CC(C)(OC)C1(C)C. The summed E-state index contributed by atoms with van der Waals surface area (Å²) in [6.45, 7) is 12.5. The van der Waals surface area contributed by atoms with Gasteiger partial charge in [0.15, 0.2) is 0 Å². The fourth-order valence-electron chi connectivity index (χ4n) is 2.31. The van der Waals surface area contributed by atoms with E-state index in [1.165, 1.54) is 6.42 Å². The maximum absolute atomic E-state index is 5.61. The van der Waals surface area contributed by atoms with Crippen molar-refractivity contribution in [1.82, 2.24) is 5.32 Å². The second kappa shape index (κ2) is 4.42. The van der Waals surface area contributed by atoms with Crippen LogP contribution in [-0.2, 0) is 4.74 Å². The van der Waals surface area contributed by atoms with Gasteiger partial charge in [0.1, 0.15) is 0 Å². The highest BCUT2D eigenvalue weighted by Crippen LogP contribution is 2.51. The summed E-state index contributed by atoms with van der Waals surface area (Å²) >= 11 is 0. The molecule has 2 nitrogen and oxygen atoms in total. The first-order valence-electron chi connectivity index (χ1n) is 6.16. The lowest BCUT2D eigenvalue weighted by Gasteiger charge is -2.59. The van der Waals surface area contributed by atoms with Crippen molar-refractivity contribution in [3.05, 3.63) is 0 Å². The fraction of sp³-hybridized carbons (Fsp3) is 1.00. The average molecular weight is 213 g/mol. The summed E-state index contributed by atoms with van der Waals surface area (Å²) in [5.74, 6) is 0.773. The Morgan fingerprint density at radius 3 is 2.40 bits per heavy atom. The molecule has 0 aromatic rings. The molecule has 0 heterocycles. The van der Waals surface area contributed by atoms with E-state index >= 15 is 0 Å². The molecular formula is C13H27NO. The van der Waals surface area contributed by atoms with E-state index in [9.17, 15) is 0 Å². The normalized spacial score (nSPS) is 36.0. The molecule has 0 bridgehead atoms. The number of ether oxygens (including phenoxy) is 1. The summed E-state index contributed by atoms with van der Waals surface area (Å²) in [4.78, 5) is 0. The lowest BCUT2D eigenvalue weighted by molar-refractivity contribution is -0.180. The third-order valence-corrected chi connectivity index (χ3v) is 4.69. The molecule has 0 aromatic heterocycles. The summed E-state index contributed by atoms with van der Waals surface area (Å²) in [6.07, 6.45) is 2.38. The number of hydrogen-bond acceptors (Lipinski definition) is 2. The first-order valence-corrected chi connectivity index (χ1v) is 6.16. The lowest BCUT2D eigenvalue weighted by atomic mass is 9.56. The summed E-state index contributed by atoms with van der Waals surface area (Å²) in [6, 6.07) is 0.608. The van der Waals surface area contributed by atoms with Crippen LogP contribution in [-0.4, -0.2) is 25.3 Å². The van der Waals surface area contributed by atoms with E-state index in [1.807, 2.05) is 7.11 Å². The molecule has 90 valence electrons. The van der Waals surface area contributed by atoms with Crippen LogP contribution in [0.4, 0.5) is 0 Å². The monoisotopic (exact) mass is 213 g/mol. The molecule has 0 spiro atoms. The van der Waals surface area contributed by atoms with E-state index in [1.54, 1.807) is 0 Å². The Kier molecular flexibility index (Phi) is 3.83. The number of nitrogens with one attached hydrogen (secondary N) is 1. The van der Waals surface area contributed by atoms with Crippen molar-refractivity contribution in [3.8, 4) is 0 Å². The Morgan fingerprint density at radius 1 is 1.40 bits per heavy atom. The van der Waals surface area contributed by atoms with Gasteiger partial charge in [0.2, 0.25) is 0 Å². The van der Waals surface area contributed by atoms with Gasteiger partial charge in [-0.2, -0.15) is 0 Å². The van der Waals surface area contributed by atoms with Crippen LogP contribution < -0.4 is 5.32 Å². The molecule has 3 unspecified atom stereocenters. The van der Waals surface area contributed by atoms with Gasteiger partial charge >= 0.3 is 0 Å². The molecule has 0 amide bonds. The molecule has 1 rings (SSSR count). The molecule has 0 radical (unpaired) electrons. The van der Waals surface area contributed by atoms with Crippen LogP contribution in [0.25, 0.3) is 0 Å². The minimum atomic E-state index is 0.0557. The molecule has 1 aliphatic rings. The zero-order valence-electron chi connectivity index (χ0n) is 11.2. The largest absolute Gasteiger partial charge is 0.378 e. The van der Waals surface area contributed by atoms with Gasteiger partial charge in [0.25, 0.3) is 0 Å². The first kappa shape index (κ1) is 13.0. The topological polar surface area (TPSA) is 21.3 Å². The van der Waals surface area contributed by atoms with Gasteiger partial charge in [0, 0.05) is 18.6 Å². The van der Waals surface area contributed by atoms with Gasteiger partial charge in [0.05, 0.1) is 5.60 Å². The van der Waals surface area contributed by atoms with Crippen molar-refractivity contribution < 1.29 is 4.74 Å². The molecule has 1 fully saturated rings. The second-order valence-electron chi connectivity index (χ2n) is 5.84. The molecule has 1 aliphatic carbocycles. The van der Waals surface area contributed by atoms with Crippen molar-refractivity contribution in [2.45, 2.75) is 59.1 Å². The number of methoxy groups -OCH3 is 1. The van der Waals surface area contributed by atoms with E-state index < -0.39 is 0 Å². The van der Waals surface area contributed by atoms with Crippen LogP contribution in [0.1, 0.15) is 47.5 Å². The molecule has 2 heteroatoms. The Labute approximate surface area is 94.8 Å². The van der Waals surface area contributed by atoms with Crippen LogP contribution in [0.2, 0.25) is 0 Å². The maximum Gasteiger partial charge on any atom is 0.0731 e. The third-order valence-electron chi connectivity index (χ3n) is 4.69. The molecule has 0 aliphatic heterocycles. The highest BCUT2D eigenvalue weighted by atomic mass is 16.5. The van der Waals surface area contributed by atoms with Crippen LogP contribution in [0.15, 0.2) is 0 Å². The molecule has 0 aromatic carbocycles. The van der Waals surface area contributed by atoms with Crippen LogP contribution >= 0.6 is 0 Å². The van der Waals surface area contributed by atoms with Crippen LogP contribution in [0, 0.1) is 11.3 Å². The van der Waals surface area contributed by atoms with Crippen molar-refractivity contribution in [3.63, 3.8) is 0 Å². The number of hydrogen-bond donors (Lipinski definition) is 1. The predicted octanol–water partition coefficient (Wildman–Crippen LogP) is 2.83. The molecule has 15 heavy (non-hydrogen) atoms. The Morgan fingerprint density at radius 2 is 2.00 bits per heavy atom. The average Bonchev–Trinajstić information content (AvgIpc) is 2.22. The van der Waals surface area contributed by atoms with E-state index in [4.69, 9.17) is 4.74 Å². The fourth-order valence-corrected chi connectivity index (χ4v) is 2.31. The van der Waals surface area contributed by atoms with Crippen molar-refractivity contribution in [1.29, 1.82) is 0 Å². The quantitative estimate of drug-likeness (QED) is 0.758. The van der Waals surface area contributed by atoms with Crippen molar-refractivity contribution in [2.75, 3.05) is 13.7 Å². The Bertz CT molecular complexity index is 215. The standard InChI is InChI=1S/C13H27NO/c1-7-10(2)9-14-11-8-13(5,15-6)12(11,3)4/h10-11,14H,7-9H2,1-6H3. The zero-order valence-corrected chi connectivity index (χ0v) is 11.2. The summed E-state index contributed by atoms with van der Waals surface area (Å²) in [7, 11) is 1.83. The molecular weight excluding hydrogens is 186 g/mol. The molecule has 1 saturated carbocycles. The predicted molar refractivity (Wildman–Crippen MR) is 65.1 cm³/mol. The van der Waals surface area contributed by atoms with Crippen LogP contribution in [0.3, 0.4) is 0 Å². The summed E-state index contributed by atoms with van der Waals surface area (Å²) in [5.41, 5.74) is 0.301. The van der Waals surface area contributed by atoms with Gasteiger partial charge in [-0.25, -0.2) is 0 Å². The van der Waals surface area contributed by atoms with Crippen molar-refractivity contribution in [2.24, 2.45) is 11.3 Å². The van der Waals surface area contributed by atoms with E-state index in [0.29, 0.717) is 6.04 Å². The highest BCUT2D eigenvalue weighted by molar-refractivity contribution is 5.11. The Balaban J connectivity index is 2.42. The third kappa shape index (κ3) is 2.21. The molecule has 3 atom stereocenters. The van der Waals surface area contributed by atoms with Gasteiger partial charge in [-0.05, 0) is 25.8 Å². The van der Waals surface area contributed by atoms with Crippen LogP contribution in [0.5, 0.6) is 0 Å². The first-order chi connectivity index (χ1) is 6.87. The van der Waals surface area contributed by atoms with Gasteiger partial charge in [-0.3, -0.25) is 0 Å². The maximum atomic E-state index is 5.61. The molecule has 1 N–H and O–H groups in total.